The van der Waals surface area contributed by atoms with Crippen molar-refractivity contribution in [3.8, 4) is 5.75 Å². The summed E-state index contributed by atoms with van der Waals surface area (Å²) in [4.78, 5) is 23.9. The van der Waals surface area contributed by atoms with Gasteiger partial charge in [0.15, 0.2) is 6.10 Å². The second-order valence-corrected chi connectivity index (χ2v) is 7.21. The van der Waals surface area contributed by atoms with E-state index >= 15 is 0 Å². The summed E-state index contributed by atoms with van der Waals surface area (Å²) >= 11 is 6.27. The predicted octanol–water partition coefficient (Wildman–Crippen LogP) is 2.94. The first-order valence-electron chi connectivity index (χ1n) is 8.72. The molecule has 1 aliphatic carbocycles. The van der Waals surface area contributed by atoms with E-state index in [1.54, 1.807) is 19.9 Å². The van der Waals surface area contributed by atoms with Gasteiger partial charge in [-0.3, -0.25) is 4.79 Å². The maximum absolute atomic E-state index is 12.4. The molecule has 2 N–H and O–H groups in total. The van der Waals surface area contributed by atoms with Gasteiger partial charge >= 0.3 is 5.63 Å². The van der Waals surface area contributed by atoms with Gasteiger partial charge in [-0.15, -0.1) is 0 Å². The van der Waals surface area contributed by atoms with Crippen LogP contribution in [-0.2, 0) is 4.79 Å². The van der Waals surface area contributed by atoms with Crippen molar-refractivity contribution in [1.29, 1.82) is 0 Å². The number of ether oxygens (including phenoxy) is 1. The molecule has 26 heavy (non-hydrogen) atoms. The van der Waals surface area contributed by atoms with Gasteiger partial charge in [-0.25, -0.2) is 4.79 Å². The van der Waals surface area contributed by atoms with Gasteiger partial charge in [0.25, 0.3) is 5.91 Å². The lowest BCUT2D eigenvalue weighted by Gasteiger charge is -2.27. The summed E-state index contributed by atoms with van der Waals surface area (Å²) < 4.78 is 10.9. The largest absolute Gasteiger partial charge is 0.479 e. The van der Waals surface area contributed by atoms with E-state index < -0.39 is 11.7 Å². The minimum atomic E-state index is -0.756. The van der Waals surface area contributed by atoms with E-state index in [0.29, 0.717) is 23.4 Å². The molecule has 1 atom stereocenters. The van der Waals surface area contributed by atoms with Crippen LogP contribution in [0.15, 0.2) is 27.4 Å². The number of carbonyl (C=O) groups excluding carboxylic acids is 1. The second-order valence-electron chi connectivity index (χ2n) is 6.80. The molecule has 3 rings (SSSR count). The van der Waals surface area contributed by atoms with Crippen molar-refractivity contribution >= 4 is 28.5 Å². The van der Waals surface area contributed by atoms with Crippen molar-refractivity contribution in [1.82, 2.24) is 5.32 Å². The third-order valence-corrected chi connectivity index (χ3v) is 5.02. The summed E-state index contributed by atoms with van der Waals surface area (Å²) in [7, 11) is 0. The van der Waals surface area contributed by atoms with Crippen molar-refractivity contribution in [3.05, 3.63) is 39.2 Å². The second kappa shape index (κ2) is 7.68. The lowest BCUT2D eigenvalue weighted by Crippen LogP contribution is -2.44. The zero-order valence-corrected chi connectivity index (χ0v) is 15.5. The number of nitrogens with one attached hydrogen (secondary N) is 1. The number of halogens is 1. The molecule has 1 saturated carbocycles. The molecule has 1 aromatic heterocycles. The molecule has 1 amide bonds. The number of aliphatic hydroxyl groups is 1. The number of benzene rings is 1. The summed E-state index contributed by atoms with van der Waals surface area (Å²) in [5.41, 5.74) is 0.673. The fourth-order valence-corrected chi connectivity index (χ4v) is 3.40. The molecule has 6 nitrogen and oxygen atoms in total. The summed E-state index contributed by atoms with van der Waals surface area (Å²) in [6.07, 6.45) is 1.85. The Morgan fingerprint density at radius 1 is 1.31 bits per heavy atom. The highest BCUT2D eigenvalue weighted by Crippen LogP contribution is 2.31. The molecular weight excluding hydrogens is 358 g/mol. The van der Waals surface area contributed by atoms with Crippen LogP contribution in [0.2, 0.25) is 5.02 Å². The molecule has 0 aliphatic heterocycles. The normalized spacial score (nSPS) is 21.4. The molecule has 140 valence electrons. The van der Waals surface area contributed by atoms with Crippen LogP contribution in [0.3, 0.4) is 0 Å². The van der Waals surface area contributed by atoms with Gasteiger partial charge in [0.05, 0.1) is 11.1 Å². The minimum Gasteiger partial charge on any atom is -0.479 e. The van der Waals surface area contributed by atoms with Crippen LogP contribution in [0.1, 0.15) is 38.2 Å². The van der Waals surface area contributed by atoms with Crippen molar-refractivity contribution in [2.24, 2.45) is 0 Å². The van der Waals surface area contributed by atoms with Crippen LogP contribution >= 0.6 is 11.6 Å². The Balaban J connectivity index is 1.72. The number of hydrogen-bond donors (Lipinski definition) is 2. The van der Waals surface area contributed by atoms with Gasteiger partial charge in [-0.05, 0) is 51.2 Å². The van der Waals surface area contributed by atoms with E-state index in [1.165, 1.54) is 12.1 Å². The maximum Gasteiger partial charge on any atom is 0.336 e. The highest BCUT2D eigenvalue weighted by Gasteiger charge is 2.24. The molecule has 0 radical (unpaired) electrons. The molecule has 0 bridgehead atoms. The molecule has 0 spiro atoms. The maximum atomic E-state index is 12.4. The Kier molecular flexibility index (Phi) is 5.53. The molecule has 1 aliphatic rings. The number of carbonyl (C=O) groups is 1. The first kappa shape index (κ1) is 18.7. The Morgan fingerprint density at radius 2 is 2.00 bits per heavy atom. The monoisotopic (exact) mass is 379 g/mol. The van der Waals surface area contributed by atoms with Crippen molar-refractivity contribution in [3.63, 3.8) is 0 Å². The Morgan fingerprint density at radius 3 is 2.69 bits per heavy atom. The van der Waals surface area contributed by atoms with E-state index in [0.717, 1.165) is 23.8 Å². The number of rotatable bonds is 4. The fraction of sp³-hybridized carbons (Fsp3) is 0.474. The molecule has 1 heterocycles. The lowest BCUT2D eigenvalue weighted by atomic mass is 9.93. The lowest BCUT2D eigenvalue weighted by molar-refractivity contribution is -0.128. The van der Waals surface area contributed by atoms with Crippen molar-refractivity contribution in [2.45, 2.75) is 57.8 Å². The van der Waals surface area contributed by atoms with Gasteiger partial charge in [-0.2, -0.15) is 0 Å². The van der Waals surface area contributed by atoms with Gasteiger partial charge in [0.2, 0.25) is 0 Å². The Labute approximate surface area is 156 Å². The SMILES string of the molecule is Cc1cc(=O)oc2cc(OC(C)C(=O)NC3CCC(O)CC3)c(Cl)cc12. The summed E-state index contributed by atoms with van der Waals surface area (Å²) in [6, 6.07) is 4.64. The van der Waals surface area contributed by atoms with Crippen LogP contribution in [0, 0.1) is 6.92 Å². The van der Waals surface area contributed by atoms with Crippen molar-refractivity contribution < 1.29 is 19.1 Å². The van der Waals surface area contributed by atoms with Gasteiger partial charge in [0.1, 0.15) is 11.3 Å². The molecule has 1 unspecified atom stereocenters. The first-order chi connectivity index (χ1) is 12.3. The van der Waals surface area contributed by atoms with Gasteiger partial charge < -0.3 is 19.6 Å². The Hall–Kier alpha value is -2.05. The smallest absolute Gasteiger partial charge is 0.336 e. The Bertz CT molecular complexity index is 870. The quantitative estimate of drug-likeness (QED) is 0.797. The highest BCUT2D eigenvalue weighted by molar-refractivity contribution is 6.32. The minimum absolute atomic E-state index is 0.0460. The average molecular weight is 380 g/mol. The number of aliphatic hydroxyl groups excluding tert-OH is 1. The number of hydrogen-bond acceptors (Lipinski definition) is 5. The highest BCUT2D eigenvalue weighted by atomic mass is 35.5. The summed E-state index contributed by atoms with van der Waals surface area (Å²) in [5, 5.41) is 13.5. The van der Waals surface area contributed by atoms with Crippen LogP contribution in [0.25, 0.3) is 11.0 Å². The zero-order chi connectivity index (χ0) is 18.8. The van der Waals surface area contributed by atoms with E-state index in [-0.39, 0.29) is 23.8 Å². The van der Waals surface area contributed by atoms with Crippen LogP contribution in [0.4, 0.5) is 0 Å². The fourth-order valence-electron chi connectivity index (χ4n) is 3.19. The molecular formula is C19H22ClNO5. The van der Waals surface area contributed by atoms with E-state index in [4.69, 9.17) is 20.8 Å². The molecule has 0 saturated heterocycles. The zero-order valence-electron chi connectivity index (χ0n) is 14.8. The standard InChI is InChI=1S/C19H22ClNO5/c1-10-7-18(23)26-16-9-17(15(20)8-14(10)16)25-11(2)19(24)21-12-3-5-13(22)6-4-12/h7-9,11-13,22H,3-6H2,1-2H3,(H,21,24). The first-order valence-corrected chi connectivity index (χ1v) is 9.10. The van der Waals surface area contributed by atoms with Gasteiger partial charge in [0, 0.05) is 23.6 Å². The van der Waals surface area contributed by atoms with E-state index in [2.05, 4.69) is 5.32 Å². The molecule has 7 heteroatoms. The molecule has 2 aromatic rings. The van der Waals surface area contributed by atoms with E-state index in [1.807, 2.05) is 0 Å². The van der Waals surface area contributed by atoms with Crippen LogP contribution in [0.5, 0.6) is 5.75 Å². The van der Waals surface area contributed by atoms with Gasteiger partial charge in [-0.1, -0.05) is 11.6 Å². The number of aryl methyl sites for hydroxylation is 1. The topological polar surface area (TPSA) is 88.8 Å². The third-order valence-electron chi connectivity index (χ3n) is 4.72. The average Bonchev–Trinajstić information content (AvgIpc) is 2.58. The molecule has 1 fully saturated rings. The van der Waals surface area contributed by atoms with Crippen LogP contribution in [-0.4, -0.2) is 29.3 Å². The summed E-state index contributed by atoms with van der Waals surface area (Å²) in [5.74, 6) is 0.0443. The number of amides is 1. The number of fused-ring (bicyclic) bond motifs is 1. The predicted molar refractivity (Wildman–Crippen MR) is 98.7 cm³/mol. The third kappa shape index (κ3) is 4.19. The van der Waals surface area contributed by atoms with Crippen LogP contribution < -0.4 is 15.7 Å². The van der Waals surface area contributed by atoms with E-state index in [9.17, 15) is 14.7 Å². The molecule has 1 aromatic carbocycles. The van der Waals surface area contributed by atoms with Crippen molar-refractivity contribution in [2.75, 3.05) is 0 Å². The summed E-state index contributed by atoms with van der Waals surface area (Å²) in [6.45, 7) is 3.44.